The van der Waals surface area contributed by atoms with E-state index in [4.69, 9.17) is 27.9 Å². The van der Waals surface area contributed by atoms with Crippen LogP contribution in [0.2, 0.25) is 10.0 Å². The number of amides is 1. The van der Waals surface area contributed by atoms with E-state index in [1.165, 1.54) is 12.7 Å². The fourth-order valence-corrected chi connectivity index (χ4v) is 2.83. The molecule has 0 heterocycles. The van der Waals surface area contributed by atoms with Crippen molar-refractivity contribution in [1.82, 2.24) is 5.32 Å². The largest absolute Gasteiger partial charge is 0.494 e. The highest BCUT2D eigenvalue weighted by molar-refractivity contribution is 6.37. The van der Waals surface area contributed by atoms with Gasteiger partial charge in [0.1, 0.15) is 5.56 Å². The van der Waals surface area contributed by atoms with E-state index in [0.717, 1.165) is 12.1 Å². The van der Waals surface area contributed by atoms with Crippen molar-refractivity contribution >= 4 is 29.1 Å². The number of allylic oxidation sites excluding steroid dienone is 4. The van der Waals surface area contributed by atoms with Crippen LogP contribution in [-0.4, -0.2) is 13.0 Å². The van der Waals surface area contributed by atoms with Gasteiger partial charge in [-0.3, -0.25) is 4.79 Å². The first-order valence-electron chi connectivity index (χ1n) is 6.64. The Hall–Kier alpha value is -1.45. The van der Waals surface area contributed by atoms with Crippen LogP contribution in [0.1, 0.15) is 30.6 Å². The zero-order chi connectivity index (χ0) is 15.6. The molecule has 1 amide bonds. The lowest BCUT2D eigenvalue weighted by molar-refractivity contribution is 0.0959. The Morgan fingerprint density at radius 3 is 2.57 bits per heavy atom. The molecule has 0 bridgehead atoms. The number of methoxy groups -OCH3 is 1. The summed E-state index contributed by atoms with van der Waals surface area (Å²) in [7, 11) is 1.46. The van der Waals surface area contributed by atoms with Crippen molar-refractivity contribution in [2.75, 3.05) is 7.11 Å². The quantitative estimate of drug-likeness (QED) is 0.881. The maximum atomic E-state index is 12.5. The topological polar surface area (TPSA) is 38.3 Å². The summed E-state index contributed by atoms with van der Waals surface area (Å²) in [4.78, 5) is 12.5. The van der Waals surface area contributed by atoms with Gasteiger partial charge >= 0.3 is 0 Å². The van der Waals surface area contributed by atoms with Gasteiger partial charge in [0.25, 0.3) is 5.91 Å². The molecule has 21 heavy (non-hydrogen) atoms. The Morgan fingerprint density at radius 1 is 1.29 bits per heavy atom. The molecule has 112 valence electrons. The minimum absolute atomic E-state index is 0.253. The van der Waals surface area contributed by atoms with E-state index in [0.29, 0.717) is 10.0 Å². The molecule has 1 aliphatic rings. The molecule has 0 aromatic heterocycles. The number of halogens is 2. The third-order valence-corrected chi connectivity index (χ3v) is 4.07. The van der Waals surface area contributed by atoms with Gasteiger partial charge in [-0.2, -0.15) is 0 Å². The van der Waals surface area contributed by atoms with Crippen molar-refractivity contribution in [3.63, 3.8) is 0 Å². The van der Waals surface area contributed by atoms with Crippen molar-refractivity contribution in [1.29, 1.82) is 0 Å². The first kappa shape index (κ1) is 15.9. The second kappa shape index (κ2) is 6.54. The van der Waals surface area contributed by atoms with Gasteiger partial charge in [-0.25, -0.2) is 0 Å². The molecule has 0 radical (unpaired) electrons. The van der Waals surface area contributed by atoms with E-state index in [2.05, 4.69) is 19.2 Å². The lowest BCUT2D eigenvalue weighted by atomic mass is 9.93. The molecule has 0 saturated carbocycles. The van der Waals surface area contributed by atoms with E-state index in [9.17, 15) is 4.79 Å². The molecule has 3 nitrogen and oxygen atoms in total. The Balaban J connectivity index is 2.32. The zero-order valence-electron chi connectivity index (χ0n) is 12.2. The maximum absolute atomic E-state index is 12.5. The Bertz CT molecular complexity index is 635. The number of hydrogen-bond acceptors (Lipinski definition) is 2. The van der Waals surface area contributed by atoms with Crippen LogP contribution in [0.3, 0.4) is 0 Å². The first-order valence-corrected chi connectivity index (χ1v) is 7.40. The van der Waals surface area contributed by atoms with Crippen molar-refractivity contribution in [2.24, 2.45) is 5.92 Å². The molecule has 1 aromatic carbocycles. The highest BCUT2D eigenvalue weighted by Crippen LogP contribution is 2.34. The van der Waals surface area contributed by atoms with E-state index >= 15 is 0 Å². The molecule has 2 rings (SSSR count). The second-order valence-corrected chi connectivity index (χ2v) is 5.95. The van der Waals surface area contributed by atoms with Crippen LogP contribution in [0.15, 0.2) is 35.6 Å². The Kier molecular flexibility index (Phi) is 4.96. The number of ether oxygens (including phenoxy) is 1. The van der Waals surface area contributed by atoms with Gasteiger partial charge in [-0.05, 0) is 37.5 Å². The zero-order valence-corrected chi connectivity index (χ0v) is 13.7. The predicted molar refractivity (Wildman–Crippen MR) is 86.1 cm³/mol. The summed E-state index contributed by atoms with van der Waals surface area (Å²) in [5.41, 5.74) is 2.41. The van der Waals surface area contributed by atoms with Gasteiger partial charge in [0.2, 0.25) is 0 Å². The normalized spacial score (nSPS) is 17.9. The molecular formula is C16H17Cl2NO2. The Morgan fingerprint density at radius 2 is 1.95 bits per heavy atom. The summed E-state index contributed by atoms with van der Waals surface area (Å²) < 4.78 is 5.20. The van der Waals surface area contributed by atoms with Crippen LogP contribution >= 0.6 is 23.2 Å². The van der Waals surface area contributed by atoms with Crippen LogP contribution in [0, 0.1) is 5.92 Å². The van der Waals surface area contributed by atoms with Gasteiger partial charge in [0, 0.05) is 5.70 Å². The van der Waals surface area contributed by atoms with Crippen LogP contribution in [0.4, 0.5) is 0 Å². The van der Waals surface area contributed by atoms with E-state index in [1.807, 2.05) is 12.2 Å². The summed E-state index contributed by atoms with van der Waals surface area (Å²) in [5.74, 6) is 0.228. The standard InChI is InChI=1S/C16H17Cl2NO2/c1-9-4-7-13(10(2)8-9)19-16(20)14-11(17)5-6-12(18)15(14)21-3/h4-7,10H,8H2,1-3H3,(H,19,20). The number of benzene rings is 1. The fraction of sp³-hybridized carbons (Fsp3) is 0.312. The summed E-state index contributed by atoms with van der Waals surface area (Å²) in [6, 6.07) is 3.19. The average Bonchev–Trinajstić information content (AvgIpc) is 2.43. The summed E-state index contributed by atoms with van der Waals surface area (Å²) in [5, 5.41) is 3.57. The lowest BCUT2D eigenvalue weighted by Crippen LogP contribution is -2.28. The number of carbonyl (C=O) groups is 1. The van der Waals surface area contributed by atoms with Gasteiger partial charge in [0.05, 0.1) is 17.2 Å². The number of carbonyl (C=O) groups excluding carboxylic acids is 1. The highest BCUT2D eigenvalue weighted by Gasteiger charge is 2.22. The molecule has 1 aliphatic carbocycles. The fourth-order valence-electron chi connectivity index (χ4n) is 2.36. The van der Waals surface area contributed by atoms with E-state index in [-0.39, 0.29) is 23.1 Å². The molecule has 0 saturated heterocycles. The van der Waals surface area contributed by atoms with Gasteiger partial charge in [-0.1, -0.05) is 41.8 Å². The highest BCUT2D eigenvalue weighted by atomic mass is 35.5. The molecule has 0 spiro atoms. The van der Waals surface area contributed by atoms with Crippen molar-refractivity contribution < 1.29 is 9.53 Å². The summed E-state index contributed by atoms with van der Waals surface area (Å²) >= 11 is 12.2. The third kappa shape index (κ3) is 3.42. The SMILES string of the molecule is COc1c(Cl)ccc(Cl)c1C(=O)NC1=CC=C(C)CC1C. The van der Waals surface area contributed by atoms with Crippen molar-refractivity contribution in [2.45, 2.75) is 20.3 Å². The predicted octanol–water partition coefficient (Wildman–Crippen LogP) is 4.60. The monoisotopic (exact) mass is 325 g/mol. The van der Waals surface area contributed by atoms with Crippen LogP contribution in [-0.2, 0) is 0 Å². The molecular weight excluding hydrogens is 309 g/mol. The van der Waals surface area contributed by atoms with Gasteiger partial charge in [-0.15, -0.1) is 0 Å². The van der Waals surface area contributed by atoms with Crippen molar-refractivity contribution in [3.05, 3.63) is 51.2 Å². The van der Waals surface area contributed by atoms with Crippen LogP contribution in [0.5, 0.6) is 5.75 Å². The average molecular weight is 326 g/mol. The molecule has 0 fully saturated rings. The van der Waals surface area contributed by atoms with Gasteiger partial charge in [0.15, 0.2) is 5.75 Å². The minimum atomic E-state index is -0.314. The third-order valence-electron chi connectivity index (χ3n) is 3.45. The number of nitrogens with one attached hydrogen (secondary N) is 1. The minimum Gasteiger partial charge on any atom is -0.494 e. The lowest BCUT2D eigenvalue weighted by Gasteiger charge is -2.21. The first-order chi connectivity index (χ1) is 9.93. The van der Waals surface area contributed by atoms with Gasteiger partial charge < -0.3 is 10.1 Å². The number of rotatable bonds is 3. The van der Waals surface area contributed by atoms with Crippen molar-refractivity contribution in [3.8, 4) is 5.75 Å². The van der Waals surface area contributed by atoms with E-state index < -0.39 is 0 Å². The second-order valence-electron chi connectivity index (χ2n) is 5.13. The van der Waals surface area contributed by atoms with Crippen LogP contribution in [0.25, 0.3) is 0 Å². The Labute approximate surface area is 134 Å². The maximum Gasteiger partial charge on any atom is 0.260 e. The van der Waals surface area contributed by atoms with Crippen LogP contribution < -0.4 is 10.1 Å². The molecule has 5 heteroatoms. The summed E-state index contributed by atoms with van der Waals surface area (Å²) in [6.07, 6.45) is 4.85. The van der Waals surface area contributed by atoms with E-state index in [1.54, 1.807) is 12.1 Å². The molecule has 1 atom stereocenters. The summed E-state index contributed by atoms with van der Waals surface area (Å²) in [6.45, 7) is 4.14. The smallest absolute Gasteiger partial charge is 0.260 e. The molecule has 1 N–H and O–H groups in total. The molecule has 0 aliphatic heterocycles. The number of hydrogen-bond donors (Lipinski definition) is 1. The molecule has 1 unspecified atom stereocenters. The molecule has 1 aromatic rings.